The maximum Gasteiger partial charge on any atom is 0.285 e. The summed E-state index contributed by atoms with van der Waals surface area (Å²) < 4.78 is 1.71. The van der Waals surface area contributed by atoms with Crippen LogP contribution in [0.5, 0.6) is 0 Å². The van der Waals surface area contributed by atoms with E-state index in [1.54, 1.807) is 28.9 Å². The maximum absolute atomic E-state index is 11.8. The molecule has 7 heteroatoms. The first-order valence-electron chi connectivity index (χ1n) is 7.16. The molecule has 0 aliphatic carbocycles. The van der Waals surface area contributed by atoms with Crippen molar-refractivity contribution in [1.82, 2.24) is 15.2 Å². The van der Waals surface area contributed by atoms with Crippen LogP contribution in [0.3, 0.4) is 0 Å². The Labute approximate surface area is 149 Å². The number of hydrogen-bond donors (Lipinski definition) is 2. The molecule has 1 heterocycles. The third kappa shape index (κ3) is 3.43. The molecule has 3 aromatic rings. The highest BCUT2D eigenvalue weighted by Crippen LogP contribution is 2.25. The van der Waals surface area contributed by atoms with Crippen LogP contribution in [-0.2, 0) is 6.54 Å². The van der Waals surface area contributed by atoms with Crippen LogP contribution in [0.25, 0.3) is 11.3 Å². The topological polar surface area (TPSA) is 72.9 Å². The number of nitrogens with zero attached hydrogens (tertiary/aromatic N) is 2. The Morgan fingerprint density at radius 3 is 2.58 bits per heavy atom. The average molecular weight is 361 g/mol. The Balaban J connectivity index is 2.07. The van der Waals surface area contributed by atoms with Crippen molar-refractivity contribution in [1.29, 1.82) is 0 Å². The van der Waals surface area contributed by atoms with Crippen LogP contribution in [0.4, 0.5) is 0 Å². The van der Waals surface area contributed by atoms with Crippen LogP contribution in [-0.4, -0.2) is 15.7 Å². The van der Waals surface area contributed by atoms with E-state index in [0.29, 0.717) is 16.6 Å². The number of nitrogen functional groups attached to an aromatic ring is 1. The molecule has 0 radical (unpaired) electrons. The summed E-state index contributed by atoms with van der Waals surface area (Å²) in [4.78, 5) is 11.8. The summed E-state index contributed by atoms with van der Waals surface area (Å²) in [7, 11) is 0. The minimum Gasteiger partial charge on any atom is -0.289 e. The molecular weight excluding hydrogens is 347 g/mol. The number of hydrazine groups is 1. The van der Waals surface area contributed by atoms with E-state index < -0.39 is 5.91 Å². The molecule has 0 bridgehead atoms. The van der Waals surface area contributed by atoms with E-state index >= 15 is 0 Å². The number of amides is 1. The normalized spacial score (nSPS) is 10.6. The Bertz CT molecular complexity index is 878. The van der Waals surface area contributed by atoms with Gasteiger partial charge in [0.1, 0.15) is 0 Å². The molecule has 0 aliphatic rings. The standard InChI is InChI=1S/C17H14Cl2N4O/c18-13-6-7-14(19)12(8-13)10-23-16(11-4-2-1-3-5-11)9-15(22-23)17(24)21-20/h1-9H,10,20H2,(H,21,24). The second-order valence-electron chi connectivity index (χ2n) is 5.15. The smallest absolute Gasteiger partial charge is 0.285 e. The highest BCUT2D eigenvalue weighted by Gasteiger charge is 2.16. The van der Waals surface area contributed by atoms with Crippen molar-refractivity contribution >= 4 is 29.1 Å². The van der Waals surface area contributed by atoms with E-state index in [1.165, 1.54) is 0 Å². The van der Waals surface area contributed by atoms with Gasteiger partial charge in [-0.25, -0.2) is 5.84 Å². The molecule has 122 valence electrons. The first-order chi connectivity index (χ1) is 11.6. The molecule has 0 saturated heterocycles. The lowest BCUT2D eigenvalue weighted by atomic mass is 10.1. The average Bonchev–Trinajstić information content (AvgIpc) is 3.02. The molecule has 24 heavy (non-hydrogen) atoms. The number of carbonyl (C=O) groups is 1. The van der Waals surface area contributed by atoms with Crippen molar-refractivity contribution in [2.24, 2.45) is 5.84 Å². The predicted molar refractivity (Wildman–Crippen MR) is 94.9 cm³/mol. The second-order valence-corrected chi connectivity index (χ2v) is 5.99. The lowest BCUT2D eigenvalue weighted by Crippen LogP contribution is -2.30. The summed E-state index contributed by atoms with van der Waals surface area (Å²) >= 11 is 12.3. The van der Waals surface area contributed by atoms with Gasteiger partial charge in [0.05, 0.1) is 12.2 Å². The van der Waals surface area contributed by atoms with E-state index in [4.69, 9.17) is 29.0 Å². The van der Waals surface area contributed by atoms with Crippen molar-refractivity contribution in [2.75, 3.05) is 0 Å². The molecule has 3 rings (SSSR count). The number of rotatable bonds is 4. The minimum absolute atomic E-state index is 0.231. The Kier molecular flexibility index (Phi) is 4.85. The van der Waals surface area contributed by atoms with Gasteiger partial charge in [-0.15, -0.1) is 0 Å². The zero-order chi connectivity index (χ0) is 17.1. The summed E-state index contributed by atoms with van der Waals surface area (Å²) in [6.07, 6.45) is 0. The van der Waals surface area contributed by atoms with Gasteiger partial charge >= 0.3 is 0 Å². The third-order valence-corrected chi connectivity index (χ3v) is 4.14. The predicted octanol–water partition coefficient (Wildman–Crippen LogP) is 3.51. The zero-order valence-corrected chi connectivity index (χ0v) is 14.1. The van der Waals surface area contributed by atoms with Gasteiger partial charge in [0.2, 0.25) is 0 Å². The highest BCUT2D eigenvalue weighted by atomic mass is 35.5. The first-order valence-corrected chi connectivity index (χ1v) is 7.92. The van der Waals surface area contributed by atoms with Gasteiger partial charge < -0.3 is 0 Å². The highest BCUT2D eigenvalue weighted by molar-refractivity contribution is 6.33. The van der Waals surface area contributed by atoms with E-state index in [0.717, 1.165) is 16.8 Å². The lowest BCUT2D eigenvalue weighted by molar-refractivity contribution is 0.0948. The largest absolute Gasteiger partial charge is 0.289 e. The third-order valence-electron chi connectivity index (χ3n) is 3.54. The van der Waals surface area contributed by atoms with Gasteiger partial charge in [0.25, 0.3) is 5.91 Å². The molecule has 1 amide bonds. The number of aromatic nitrogens is 2. The fourth-order valence-corrected chi connectivity index (χ4v) is 2.76. The van der Waals surface area contributed by atoms with Crippen molar-refractivity contribution in [3.05, 3.63) is 75.9 Å². The van der Waals surface area contributed by atoms with E-state index in [2.05, 4.69) is 10.5 Å². The fraction of sp³-hybridized carbons (Fsp3) is 0.0588. The first kappa shape index (κ1) is 16.5. The lowest BCUT2D eigenvalue weighted by Gasteiger charge is -2.09. The van der Waals surface area contributed by atoms with Crippen LogP contribution in [0.15, 0.2) is 54.6 Å². The number of benzene rings is 2. The van der Waals surface area contributed by atoms with Crippen LogP contribution in [0.2, 0.25) is 10.0 Å². The van der Waals surface area contributed by atoms with Crippen molar-refractivity contribution < 1.29 is 4.79 Å². The minimum atomic E-state index is -0.455. The second kappa shape index (κ2) is 7.05. The maximum atomic E-state index is 11.8. The summed E-state index contributed by atoms with van der Waals surface area (Å²) in [6.45, 7) is 0.376. The SMILES string of the molecule is NNC(=O)c1cc(-c2ccccc2)n(Cc2cc(Cl)ccc2Cl)n1. The van der Waals surface area contributed by atoms with E-state index in [9.17, 15) is 4.79 Å². The van der Waals surface area contributed by atoms with Crippen molar-refractivity contribution in [2.45, 2.75) is 6.54 Å². The van der Waals surface area contributed by atoms with Gasteiger partial charge in [-0.2, -0.15) is 5.10 Å². The Morgan fingerprint density at radius 1 is 1.12 bits per heavy atom. The van der Waals surface area contributed by atoms with Crippen LogP contribution >= 0.6 is 23.2 Å². The summed E-state index contributed by atoms with van der Waals surface area (Å²) in [5.41, 5.74) is 4.85. The molecule has 0 unspecified atom stereocenters. The molecule has 0 saturated carbocycles. The van der Waals surface area contributed by atoms with Gasteiger partial charge in [-0.1, -0.05) is 53.5 Å². The van der Waals surface area contributed by atoms with Gasteiger partial charge in [-0.05, 0) is 35.4 Å². The summed E-state index contributed by atoms with van der Waals surface area (Å²) in [5, 5.41) is 5.51. The van der Waals surface area contributed by atoms with Crippen molar-refractivity contribution in [3.63, 3.8) is 0 Å². The summed E-state index contributed by atoms with van der Waals surface area (Å²) in [5.74, 6) is 4.76. The Hall–Kier alpha value is -2.34. The summed E-state index contributed by atoms with van der Waals surface area (Å²) in [6, 6.07) is 16.6. The molecule has 3 N–H and O–H groups in total. The van der Waals surface area contributed by atoms with Crippen molar-refractivity contribution in [3.8, 4) is 11.3 Å². The molecule has 0 fully saturated rings. The number of halogens is 2. The van der Waals surface area contributed by atoms with Crippen LogP contribution in [0, 0.1) is 0 Å². The number of carbonyl (C=O) groups excluding carboxylic acids is 1. The quantitative estimate of drug-likeness (QED) is 0.424. The van der Waals surface area contributed by atoms with E-state index in [-0.39, 0.29) is 5.69 Å². The molecular formula is C17H14Cl2N4O. The van der Waals surface area contributed by atoms with Crippen LogP contribution < -0.4 is 11.3 Å². The molecule has 0 spiro atoms. The molecule has 0 atom stereocenters. The number of nitrogens with two attached hydrogens (primary N) is 1. The van der Waals surface area contributed by atoms with Gasteiger partial charge in [0, 0.05) is 10.0 Å². The molecule has 0 aliphatic heterocycles. The number of hydrogen-bond acceptors (Lipinski definition) is 3. The fourth-order valence-electron chi connectivity index (χ4n) is 2.39. The van der Waals surface area contributed by atoms with Gasteiger partial charge in [0.15, 0.2) is 5.69 Å². The van der Waals surface area contributed by atoms with Gasteiger partial charge in [-0.3, -0.25) is 14.9 Å². The molecule has 2 aromatic carbocycles. The molecule has 1 aromatic heterocycles. The molecule has 5 nitrogen and oxygen atoms in total. The monoisotopic (exact) mass is 360 g/mol. The van der Waals surface area contributed by atoms with E-state index in [1.807, 2.05) is 30.3 Å². The number of nitrogens with one attached hydrogen (secondary N) is 1. The zero-order valence-electron chi connectivity index (χ0n) is 12.5. The Morgan fingerprint density at radius 2 is 1.88 bits per heavy atom. The van der Waals surface area contributed by atoms with Crippen LogP contribution in [0.1, 0.15) is 16.1 Å².